The molecule has 0 unspecified atom stereocenters. The molecule has 0 saturated carbocycles. The van der Waals surface area contributed by atoms with Gasteiger partial charge in [0.05, 0.1) is 0 Å². The first-order valence-corrected chi connectivity index (χ1v) is 2.67. The van der Waals surface area contributed by atoms with Crippen LogP contribution in [0.15, 0.2) is 0 Å². The summed E-state index contributed by atoms with van der Waals surface area (Å²) in [7, 11) is 0. The van der Waals surface area contributed by atoms with Crippen LogP contribution in [0, 0.1) is 0 Å². The summed E-state index contributed by atoms with van der Waals surface area (Å²) in [6.07, 6.45) is 0. The molecule has 0 aromatic heterocycles. The van der Waals surface area contributed by atoms with Crippen molar-refractivity contribution in [3.05, 3.63) is 0 Å². The van der Waals surface area contributed by atoms with Crippen LogP contribution in [-0.4, -0.2) is 8.38 Å². The van der Waals surface area contributed by atoms with Gasteiger partial charge in [0.25, 0.3) is 0 Å². The minimum atomic E-state index is -5.12. The Morgan fingerprint density at radius 3 is 1.25 bits per heavy atom. The zero-order valence-corrected chi connectivity index (χ0v) is 9.03. The van der Waals surface area contributed by atoms with E-state index >= 15 is 0 Å². The van der Waals surface area contributed by atoms with Gasteiger partial charge in [-0.05, 0) is 0 Å². The van der Waals surface area contributed by atoms with Gasteiger partial charge in [-0.15, -0.1) is 0 Å². The van der Waals surface area contributed by atoms with Crippen molar-refractivity contribution in [1.29, 1.82) is 0 Å². The van der Waals surface area contributed by atoms with Gasteiger partial charge >= 0.3 is 59.0 Å². The molecule has 8 heteroatoms. The first kappa shape index (κ1) is 22.5. The fraction of sp³-hybridized carbons (Fsp3) is 0. The summed E-state index contributed by atoms with van der Waals surface area (Å²) in [4.78, 5) is 0. The molecule has 0 aliphatic carbocycles. The van der Waals surface area contributed by atoms with Crippen LogP contribution in [0.2, 0.25) is 0 Å². The predicted octanol–water partition coefficient (Wildman–Crippen LogP) is -4.24. The fourth-order valence-corrected chi connectivity index (χ4v) is 0. The van der Waals surface area contributed by atoms with Crippen molar-refractivity contribution in [3.63, 3.8) is 0 Å². The van der Waals surface area contributed by atoms with Gasteiger partial charge in [-0.1, -0.05) is 0 Å². The van der Waals surface area contributed by atoms with Crippen LogP contribution in [0.5, 0.6) is 0 Å². The van der Waals surface area contributed by atoms with Crippen molar-refractivity contribution >= 4 is 0 Å². The van der Waals surface area contributed by atoms with E-state index in [2.05, 4.69) is 0 Å². The number of rotatable bonds is 0. The van der Waals surface area contributed by atoms with Crippen molar-refractivity contribution < 1.29 is 94.0 Å². The maximum absolute atomic E-state index is 8.80. The summed E-state index contributed by atoms with van der Waals surface area (Å²) >= 11 is -5.12. The van der Waals surface area contributed by atoms with E-state index in [0.717, 1.165) is 0 Å². The first-order valence-electron chi connectivity index (χ1n) is 0.647. The zero-order valence-electron chi connectivity index (χ0n) is 4.76. The molecule has 0 bridgehead atoms. The fourth-order valence-electron chi connectivity index (χ4n) is 0. The summed E-state index contributed by atoms with van der Waals surface area (Å²) in [5, 5.41) is 0. The Balaban J connectivity index is -0.0000000133. The second-order valence-corrected chi connectivity index (χ2v) is 1.71. The molecule has 0 atom stereocenters. The second kappa shape index (κ2) is 9.05. The molecule has 4 nitrogen and oxygen atoms in total. The Morgan fingerprint density at radius 1 is 1.25 bits per heavy atom. The maximum atomic E-state index is 8.80. The third-order valence-corrected chi connectivity index (χ3v) is 0. The van der Waals surface area contributed by atoms with Gasteiger partial charge in [-0.25, -0.2) is 0 Å². The molecule has 2 N–H and O–H groups in total. The van der Waals surface area contributed by atoms with Crippen LogP contribution in [0.4, 0.5) is 0 Å². The van der Waals surface area contributed by atoms with Crippen LogP contribution >= 0.6 is 0 Å². The van der Waals surface area contributed by atoms with Crippen molar-refractivity contribution in [2.45, 2.75) is 0 Å². The van der Waals surface area contributed by atoms with Gasteiger partial charge in [-0.2, -0.15) is 0 Å². The molecule has 53 valence electrons. The Bertz CT molecular complexity index is 104. The molecule has 0 rings (SSSR count). The average molecular weight is 259 g/mol. The molecule has 0 radical (unpaired) electrons. The Kier molecular flexibility index (Phi) is 25.4. The summed E-state index contributed by atoms with van der Waals surface area (Å²) in [6, 6.07) is 0. The normalized spacial score (nSPS) is 7.25. The van der Waals surface area contributed by atoms with E-state index in [0.29, 0.717) is 0 Å². The summed E-state index contributed by atoms with van der Waals surface area (Å²) in [6.45, 7) is 0. The van der Waals surface area contributed by atoms with Gasteiger partial charge in [0.2, 0.25) is 0 Å². The quantitative estimate of drug-likeness (QED) is 0.432. The van der Waals surface area contributed by atoms with Crippen LogP contribution in [0.3, 0.4) is 0 Å². The van der Waals surface area contributed by atoms with Crippen molar-refractivity contribution in [1.82, 2.24) is 0 Å². The molecule has 0 saturated heterocycles. The van der Waals surface area contributed by atoms with Crippen molar-refractivity contribution in [3.8, 4) is 0 Å². The van der Waals surface area contributed by atoms with E-state index < -0.39 is 13.4 Å². The molecule has 0 fully saturated rings. The molecule has 0 aromatic rings. The first-order chi connectivity index (χ1) is 2.00. The van der Waals surface area contributed by atoms with E-state index in [4.69, 9.17) is 16.0 Å². The molecule has 8 heavy (non-hydrogen) atoms. The van der Waals surface area contributed by atoms with Gasteiger partial charge in [0, 0.05) is 33.6 Å². The van der Waals surface area contributed by atoms with Crippen molar-refractivity contribution in [2.75, 3.05) is 0 Å². The summed E-state index contributed by atoms with van der Waals surface area (Å²) < 4.78 is 31.8. The Hall–Kier alpha value is 2.05. The number of hydrogen-bond donors (Lipinski definition) is 2. The Labute approximate surface area is 92.9 Å². The van der Waals surface area contributed by atoms with E-state index in [9.17, 15) is 0 Å². The standard InChI is InChI=1S/Fe.Mn.Na.Ni.2H2O.2O.H/h;;;;2*1H2;;;/q;+2;+1;;;;;;-1/p-2. The predicted molar refractivity (Wildman–Crippen MR) is 6.92 cm³/mol. The third-order valence-electron chi connectivity index (χ3n) is 0. The molecule has 0 aliphatic heterocycles. The molecule has 0 amide bonds. The van der Waals surface area contributed by atoms with Crippen molar-refractivity contribution in [2.24, 2.45) is 0 Å². The van der Waals surface area contributed by atoms with Crippen LogP contribution < -0.4 is 29.6 Å². The average Bonchev–Trinajstić information content (AvgIpc) is 0.722. The molecule has 0 aliphatic rings. The topological polar surface area (TPSA) is 74.6 Å². The van der Waals surface area contributed by atoms with Gasteiger partial charge in [0.1, 0.15) is 0 Å². The summed E-state index contributed by atoms with van der Waals surface area (Å²) in [5.41, 5.74) is 0. The van der Waals surface area contributed by atoms with E-state index in [1.54, 1.807) is 0 Å². The molecular weight excluding hydrogens is 256 g/mol. The van der Waals surface area contributed by atoms with E-state index in [1.807, 2.05) is 0 Å². The van der Waals surface area contributed by atoms with Gasteiger partial charge < -0.3 is 1.43 Å². The third kappa shape index (κ3) is 95.1. The van der Waals surface area contributed by atoms with Crippen LogP contribution in [0.1, 0.15) is 1.43 Å². The molecule has 0 heterocycles. The van der Waals surface area contributed by atoms with Crippen LogP contribution in [0.25, 0.3) is 0 Å². The minimum absolute atomic E-state index is 0. The SMILES string of the molecule is [Fe].[H-].[Na+].[Ni].[O]=[Mn](=[O])([OH])[OH]. The molecule has 0 aromatic carbocycles. The number of hydrogen-bond acceptors (Lipinski definition) is 2. The molecule has 0 spiro atoms. The van der Waals surface area contributed by atoms with E-state index in [1.165, 1.54) is 0 Å². The van der Waals surface area contributed by atoms with Crippen LogP contribution in [-0.2, 0) is 54.6 Å². The van der Waals surface area contributed by atoms with Gasteiger partial charge in [-0.3, -0.25) is 0 Å². The second-order valence-electron chi connectivity index (χ2n) is 0.415. The summed E-state index contributed by atoms with van der Waals surface area (Å²) in [5.74, 6) is 0. The molecular formula is H3FeMnNaNiO4. The van der Waals surface area contributed by atoms with Gasteiger partial charge in [0.15, 0.2) is 0 Å². The van der Waals surface area contributed by atoms with E-state index in [-0.39, 0.29) is 64.5 Å². The monoisotopic (exact) mass is 259 g/mol. The Morgan fingerprint density at radius 2 is 1.25 bits per heavy atom. The zero-order chi connectivity index (χ0) is 4.50.